The summed E-state index contributed by atoms with van der Waals surface area (Å²) >= 11 is 6.29. The van der Waals surface area contributed by atoms with Gasteiger partial charge in [0, 0.05) is 30.1 Å². The first kappa shape index (κ1) is 23.8. The van der Waals surface area contributed by atoms with Gasteiger partial charge in [0.05, 0.1) is 46.5 Å². The number of rotatable bonds is 6. The molecule has 0 aliphatic rings. The summed E-state index contributed by atoms with van der Waals surface area (Å²) in [4.78, 5) is 31.2. The molecular formula is C22H21ClN8O4. The van der Waals surface area contributed by atoms with Crippen molar-refractivity contribution in [2.24, 2.45) is 0 Å². The second-order valence-corrected chi connectivity index (χ2v) is 8.93. The molecule has 1 N–H and O–H groups in total. The summed E-state index contributed by atoms with van der Waals surface area (Å²) in [6.07, 6.45) is 7.12. The maximum atomic E-state index is 12.2. The first-order chi connectivity index (χ1) is 16.6. The first-order valence-electron chi connectivity index (χ1n) is 10.4. The van der Waals surface area contributed by atoms with Crippen LogP contribution < -0.4 is 5.32 Å². The highest BCUT2D eigenvalue weighted by Crippen LogP contribution is 2.27. The molecule has 180 valence electrons. The van der Waals surface area contributed by atoms with Gasteiger partial charge in [0.15, 0.2) is 0 Å². The number of benzene rings is 1. The van der Waals surface area contributed by atoms with Crippen LogP contribution in [-0.2, 0) is 11.3 Å². The van der Waals surface area contributed by atoms with Crippen LogP contribution in [0.25, 0.3) is 11.3 Å². The number of non-ortho nitro benzene ring substituents is 1. The number of halogens is 1. The van der Waals surface area contributed by atoms with E-state index in [0.717, 1.165) is 10.2 Å². The second kappa shape index (κ2) is 9.50. The van der Waals surface area contributed by atoms with Crippen molar-refractivity contribution in [1.82, 2.24) is 29.5 Å². The number of aromatic nitrogens is 6. The molecule has 0 spiro atoms. The van der Waals surface area contributed by atoms with E-state index in [2.05, 4.69) is 25.5 Å². The van der Waals surface area contributed by atoms with E-state index in [9.17, 15) is 14.9 Å². The zero-order valence-electron chi connectivity index (χ0n) is 19.0. The Morgan fingerprint density at radius 2 is 1.89 bits per heavy atom. The lowest BCUT2D eigenvalue weighted by atomic mass is 10.2. The van der Waals surface area contributed by atoms with Crippen LogP contribution in [0.15, 0.2) is 55.2 Å². The van der Waals surface area contributed by atoms with Gasteiger partial charge in [-0.15, -0.1) is 0 Å². The molecule has 0 saturated carbocycles. The van der Waals surface area contributed by atoms with Crippen LogP contribution in [-0.4, -0.2) is 46.1 Å². The van der Waals surface area contributed by atoms with Gasteiger partial charge in [-0.05, 0) is 26.3 Å². The Kier molecular flexibility index (Phi) is 6.47. The molecule has 35 heavy (non-hydrogen) atoms. The Morgan fingerprint density at radius 1 is 1.14 bits per heavy atom. The topological polar surface area (TPSA) is 143 Å². The summed E-state index contributed by atoms with van der Waals surface area (Å²) in [6.45, 7) is 5.73. The fourth-order valence-electron chi connectivity index (χ4n) is 3.04. The molecule has 4 aromatic rings. The number of nitrogens with zero attached hydrogens (tertiary/aromatic N) is 7. The minimum absolute atomic E-state index is 0.0314. The van der Waals surface area contributed by atoms with Crippen LogP contribution in [0.1, 0.15) is 26.3 Å². The maximum absolute atomic E-state index is 12.2. The molecule has 13 heteroatoms. The fraction of sp³-hybridized carbons (Fsp3) is 0.227. The van der Waals surface area contributed by atoms with Crippen LogP contribution in [0.4, 0.5) is 22.1 Å². The molecule has 0 atom stereocenters. The molecule has 4 rings (SSSR count). The van der Waals surface area contributed by atoms with E-state index in [0.29, 0.717) is 23.5 Å². The smallest absolute Gasteiger partial charge is 0.435 e. The molecule has 0 aliphatic carbocycles. The molecular weight excluding hydrogens is 476 g/mol. The molecule has 12 nitrogen and oxygen atoms in total. The van der Waals surface area contributed by atoms with Gasteiger partial charge in [-0.25, -0.2) is 14.8 Å². The van der Waals surface area contributed by atoms with Crippen LogP contribution in [0.5, 0.6) is 0 Å². The lowest BCUT2D eigenvalue weighted by Crippen LogP contribution is -2.27. The minimum atomic E-state index is -0.657. The Balaban J connectivity index is 1.47. The number of carbonyl (C=O) groups excluding carboxylic acids is 1. The highest BCUT2D eigenvalue weighted by Gasteiger charge is 2.20. The largest absolute Gasteiger partial charge is 0.442 e. The Labute approximate surface area is 204 Å². The minimum Gasteiger partial charge on any atom is -0.442 e. The SMILES string of the molecule is CC(C)(C)OC(=O)n1cc(-c2nc(Nc3cnn(Cc4ccc([N+](=O)[O-])cc4)c3)ncc2Cl)cn1. The van der Waals surface area contributed by atoms with Crippen molar-refractivity contribution in [2.75, 3.05) is 5.32 Å². The van der Waals surface area contributed by atoms with Crippen molar-refractivity contribution < 1.29 is 14.5 Å². The van der Waals surface area contributed by atoms with Crippen molar-refractivity contribution in [1.29, 1.82) is 0 Å². The highest BCUT2D eigenvalue weighted by atomic mass is 35.5. The first-order valence-corrected chi connectivity index (χ1v) is 10.8. The van der Waals surface area contributed by atoms with Crippen molar-refractivity contribution in [3.05, 3.63) is 76.0 Å². The van der Waals surface area contributed by atoms with E-state index in [-0.39, 0.29) is 16.7 Å². The number of carbonyl (C=O) groups is 1. The van der Waals surface area contributed by atoms with Gasteiger partial charge in [0.1, 0.15) is 5.60 Å². The molecule has 1 aromatic carbocycles. The number of ether oxygens (including phenoxy) is 1. The third kappa shape index (κ3) is 5.98. The summed E-state index contributed by atoms with van der Waals surface area (Å²) in [5.74, 6) is 0.268. The molecule has 0 unspecified atom stereocenters. The molecule has 0 radical (unpaired) electrons. The quantitative estimate of drug-likeness (QED) is 0.297. The molecule has 0 fully saturated rings. The summed E-state index contributed by atoms with van der Waals surface area (Å²) < 4.78 is 8.06. The predicted octanol–water partition coefficient (Wildman–Crippen LogP) is 4.67. The van der Waals surface area contributed by atoms with Gasteiger partial charge >= 0.3 is 6.09 Å². The van der Waals surface area contributed by atoms with Crippen LogP contribution in [0.2, 0.25) is 5.02 Å². The maximum Gasteiger partial charge on any atom is 0.435 e. The standard InChI is InChI=1S/C22H21ClN8O4/c1-22(2,3)35-21(32)30-12-15(8-26-30)19-18(23)10-24-20(28-19)27-16-9-25-29(13-16)11-14-4-6-17(7-5-14)31(33)34/h4-10,12-13H,11H2,1-3H3,(H,24,27,28). The Bertz CT molecular complexity index is 1370. The zero-order chi connectivity index (χ0) is 25.2. The number of hydrogen-bond acceptors (Lipinski definition) is 9. The summed E-state index contributed by atoms with van der Waals surface area (Å²) in [7, 11) is 0. The van der Waals surface area contributed by atoms with E-state index in [1.54, 1.807) is 50.0 Å². The molecule has 0 amide bonds. The van der Waals surface area contributed by atoms with Gasteiger partial charge in [-0.2, -0.15) is 14.9 Å². The number of nitrogens with one attached hydrogen (secondary N) is 1. The zero-order valence-corrected chi connectivity index (χ0v) is 19.8. The predicted molar refractivity (Wildman–Crippen MR) is 128 cm³/mol. The van der Waals surface area contributed by atoms with Gasteiger partial charge < -0.3 is 10.1 Å². The molecule has 3 heterocycles. The summed E-state index contributed by atoms with van der Waals surface area (Å²) in [5.41, 5.74) is 1.76. The van der Waals surface area contributed by atoms with Crippen LogP contribution in [0.3, 0.4) is 0 Å². The fourth-order valence-corrected chi connectivity index (χ4v) is 3.24. The third-order valence-electron chi connectivity index (χ3n) is 4.56. The Hall–Kier alpha value is -4.32. The normalized spacial score (nSPS) is 11.3. The van der Waals surface area contributed by atoms with Gasteiger partial charge in [0.25, 0.3) is 5.69 Å². The number of nitro benzene ring substituents is 1. The summed E-state index contributed by atoms with van der Waals surface area (Å²) in [5, 5.41) is 22.5. The van der Waals surface area contributed by atoms with E-state index >= 15 is 0 Å². The van der Waals surface area contributed by atoms with E-state index in [1.165, 1.54) is 30.7 Å². The lowest BCUT2D eigenvalue weighted by molar-refractivity contribution is -0.384. The van der Waals surface area contributed by atoms with Crippen LogP contribution >= 0.6 is 11.6 Å². The monoisotopic (exact) mass is 496 g/mol. The highest BCUT2D eigenvalue weighted by molar-refractivity contribution is 6.32. The van der Waals surface area contributed by atoms with Crippen LogP contribution in [0, 0.1) is 10.1 Å². The van der Waals surface area contributed by atoms with Crippen molar-refractivity contribution in [3.8, 4) is 11.3 Å². The molecule has 3 aromatic heterocycles. The molecule has 0 saturated heterocycles. The van der Waals surface area contributed by atoms with Crippen molar-refractivity contribution >= 4 is 35.0 Å². The van der Waals surface area contributed by atoms with Gasteiger partial charge in [-0.1, -0.05) is 23.7 Å². The molecule has 0 bridgehead atoms. The van der Waals surface area contributed by atoms with Gasteiger partial charge in [0.2, 0.25) is 5.95 Å². The number of nitro groups is 1. The van der Waals surface area contributed by atoms with Crippen molar-refractivity contribution in [3.63, 3.8) is 0 Å². The third-order valence-corrected chi connectivity index (χ3v) is 4.84. The van der Waals surface area contributed by atoms with E-state index in [1.807, 2.05) is 0 Å². The second-order valence-electron chi connectivity index (χ2n) is 8.52. The lowest BCUT2D eigenvalue weighted by Gasteiger charge is -2.18. The Morgan fingerprint density at radius 3 is 2.57 bits per heavy atom. The number of anilines is 2. The van der Waals surface area contributed by atoms with Gasteiger partial charge in [-0.3, -0.25) is 14.8 Å². The number of hydrogen-bond donors (Lipinski definition) is 1. The van der Waals surface area contributed by atoms with E-state index in [4.69, 9.17) is 16.3 Å². The van der Waals surface area contributed by atoms with E-state index < -0.39 is 16.6 Å². The molecule has 0 aliphatic heterocycles. The van der Waals surface area contributed by atoms with Crippen molar-refractivity contribution in [2.45, 2.75) is 32.9 Å². The summed E-state index contributed by atoms with van der Waals surface area (Å²) in [6, 6.07) is 6.26. The average Bonchev–Trinajstić information content (AvgIpc) is 3.44. The average molecular weight is 497 g/mol.